The molecule has 0 heterocycles. The summed E-state index contributed by atoms with van der Waals surface area (Å²) < 4.78 is 19.3. The zero-order valence-electron chi connectivity index (χ0n) is 11.4. The van der Waals surface area contributed by atoms with Crippen LogP contribution in [0.3, 0.4) is 0 Å². The Labute approximate surface area is 143 Å². The van der Waals surface area contributed by atoms with Gasteiger partial charge in [-0.05, 0) is 24.3 Å². The molecule has 2 rings (SSSR count). The van der Waals surface area contributed by atoms with Crippen molar-refractivity contribution in [2.75, 3.05) is 11.9 Å². The second-order valence-electron chi connectivity index (χ2n) is 4.33. The zero-order chi connectivity index (χ0) is 17.0. The molecule has 0 aliphatic carbocycles. The van der Waals surface area contributed by atoms with Crippen LogP contribution in [0.4, 0.5) is 15.8 Å². The highest BCUT2D eigenvalue weighted by Crippen LogP contribution is 2.28. The number of rotatable bonds is 5. The van der Waals surface area contributed by atoms with E-state index in [4.69, 9.17) is 16.3 Å². The molecule has 120 valence electrons. The number of nitro benzene ring substituents is 1. The Morgan fingerprint density at radius 2 is 2.09 bits per heavy atom. The number of ether oxygens (including phenoxy) is 1. The number of halogens is 3. The largest absolute Gasteiger partial charge is 0.482 e. The Bertz CT molecular complexity index is 772. The molecule has 9 heteroatoms. The Morgan fingerprint density at radius 3 is 2.70 bits per heavy atom. The quantitative estimate of drug-likeness (QED) is 0.600. The molecule has 6 nitrogen and oxygen atoms in total. The van der Waals surface area contributed by atoms with Crippen LogP contribution < -0.4 is 10.1 Å². The van der Waals surface area contributed by atoms with E-state index >= 15 is 0 Å². The summed E-state index contributed by atoms with van der Waals surface area (Å²) >= 11 is 8.94. The van der Waals surface area contributed by atoms with Gasteiger partial charge in [0.2, 0.25) is 0 Å². The van der Waals surface area contributed by atoms with Gasteiger partial charge in [-0.2, -0.15) is 0 Å². The van der Waals surface area contributed by atoms with Crippen molar-refractivity contribution in [2.24, 2.45) is 0 Å². The molecule has 23 heavy (non-hydrogen) atoms. The number of nitrogens with one attached hydrogen (secondary N) is 1. The van der Waals surface area contributed by atoms with E-state index in [0.29, 0.717) is 4.47 Å². The van der Waals surface area contributed by atoms with E-state index in [-0.39, 0.29) is 22.1 Å². The number of carbonyl (C=O) groups is 1. The topological polar surface area (TPSA) is 81.5 Å². The van der Waals surface area contributed by atoms with E-state index in [0.717, 1.165) is 6.07 Å². The molecule has 0 bridgehead atoms. The van der Waals surface area contributed by atoms with Crippen LogP contribution in [0.1, 0.15) is 0 Å². The van der Waals surface area contributed by atoms with E-state index in [2.05, 4.69) is 21.2 Å². The first kappa shape index (κ1) is 17.2. The van der Waals surface area contributed by atoms with Crippen LogP contribution in [0.25, 0.3) is 0 Å². The number of nitrogens with zero attached hydrogens (tertiary/aromatic N) is 1. The normalized spacial score (nSPS) is 10.2. The Balaban J connectivity index is 1.98. The molecule has 0 aliphatic heterocycles. The lowest BCUT2D eigenvalue weighted by Crippen LogP contribution is -2.20. The van der Waals surface area contributed by atoms with E-state index in [1.54, 1.807) is 6.07 Å². The average molecular weight is 404 g/mol. The van der Waals surface area contributed by atoms with Crippen LogP contribution in [0, 0.1) is 15.9 Å². The van der Waals surface area contributed by atoms with Crippen molar-refractivity contribution in [2.45, 2.75) is 0 Å². The molecule has 0 unspecified atom stereocenters. The van der Waals surface area contributed by atoms with Crippen LogP contribution in [0.15, 0.2) is 40.9 Å². The van der Waals surface area contributed by atoms with Gasteiger partial charge in [-0.1, -0.05) is 27.5 Å². The van der Waals surface area contributed by atoms with Gasteiger partial charge in [0, 0.05) is 16.6 Å². The first-order valence-corrected chi connectivity index (χ1v) is 7.35. The van der Waals surface area contributed by atoms with Crippen LogP contribution in [-0.2, 0) is 4.79 Å². The maximum absolute atomic E-state index is 13.6. The fourth-order valence-electron chi connectivity index (χ4n) is 1.64. The molecule has 0 aromatic heterocycles. The second kappa shape index (κ2) is 7.38. The molecular formula is C14H9BrClFN2O4. The van der Waals surface area contributed by atoms with Gasteiger partial charge in [0.25, 0.3) is 11.6 Å². The molecule has 2 aromatic rings. The molecule has 1 N–H and O–H groups in total. The summed E-state index contributed by atoms with van der Waals surface area (Å²) in [6.45, 7) is -0.424. The van der Waals surface area contributed by atoms with Gasteiger partial charge in [-0.25, -0.2) is 4.39 Å². The van der Waals surface area contributed by atoms with Gasteiger partial charge in [-0.3, -0.25) is 14.9 Å². The fraction of sp³-hybridized carbons (Fsp3) is 0.0714. The maximum atomic E-state index is 13.6. The standard InChI is InChI=1S/C14H9BrClFN2O4/c15-8-1-3-12(11(17)5-8)18-14(20)7-23-13-4-2-9(19(21)22)6-10(13)16/h1-6H,7H2,(H,18,20). The van der Waals surface area contributed by atoms with Crippen molar-refractivity contribution >= 4 is 44.8 Å². The number of nitro groups is 1. The third-order valence-electron chi connectivity index (χ3n) is 2.69. The summed E-state index contributed by atoms with van der Waals surface area (Å²) in [6, 6.07) is 7.79. The maximum Gasteiger partial charge on any atom is 0.271 e. The number of hydrogen-bond donors (Lipinski definition) is 1. The summed E-state index contributed by atoms with van der Waals surface area (Å²) in [5, 5.41) is 12.9. The van der Waals surface area contributed by atoms with E-state index < -0.39 is 23.3 Å². The highest BCUT2D eigenvalue weighted by atomic mass is 79.9. The third-order valence-corrected chi connectivity index (χ3v) is 3.48. The van der Waals surface area contributed by atoms with Crippen molar-refractivity contribution in [1.29, 1.82) is 0 Å². The molecule has 2 aromatic carbocycles. The summed E-state index contributed by atoms with van der Waals surface area (Å²) in [4.78, 5) is 21.7. The van der Waals surface area contributed by atoms with Crippen molar-refractivity contribution in [3.63, 3.8) is 0 Å². The molecular weight excluding hydrogens is 395 g/mol. The van der Waals surface area contributed by atoms with Crippen molar-refractivity contribution in [3.8, 4) is 5.75 Å². The van der Waals surface area contributed by atoms with Gasteiger partial charge in [-0.15, -0.1) is 0 Å². The van der Waals surface area contributed by atoms with Crippen LogP contribution in [-0.4, -0.2) is 17.4 Å². The molecule has 0 aliphatic rings. The first-order valence-electron chi connectivity index (χ1n) is 6.18. The lowest BCUT2D eigenvalue weighted by Gasteiger charge is -2.09. The smallest absolute Gasteiger partial charge is 0.271 e. The Morgan fingerprint density at radius 1 is 1.35 bits per heavy atom. The predicted octanol–water partition coefficient (Wildman–Crippen LogP) is 4.17. The summed E-state index contributed by atoms with van der Waals surface area (Å²) in [7, 11) is 0. The Kier molecular flexibility index (Phi) is 5.51. The van der Waals surface area contributed by atoms with E-state index in [1.807, 2.05) is 0 Å². The number of benzene rings is 2. The first-order chi connectivity index (χ1) is 10.9. The molecule has 0 saturated carbocycles. The molecule has 0 spiro atoms. The van der Waals surface area contributed by atoms with Crippen LogP contribution in [0.5, 0.6) is 5.75 Å². The summed E-state index contributed by atoms with van der Waals surface area (Å²) in [5.41, 5.74) is -0.180. The SMILES string of the molecule is O=C(COc1ccc([N+](=O)[O-])cc1Cl)Nc1ccc(Br)cc1F. The van der Waals surface area contributed by atoms with Crippen LogP contribution >= 0.6 is 27.5 Å². The Hall–Kier alpha value is -2.19. The second-order valence-corrected chi connectivity index (χ2v) is 5.66. The highest BCUT2D eigenvalue weighted by molar-refractivity contribution is 9.10. The van der Waals surface area contributed by atoms with Gasteiger partial charge in [0.1, 0.15) is 11.6 Å². The molecule has 0 radical (unpaired) electrons. The number of anilines is 1. The number of amides is 1. The van der Waals surface area contributed by atoms with Crippen molar-refractivity contribution < 1.29 is 18.8 Å². The monoisotopic (exact) mass is 402 g/mol. The van der Waals surface area contributed by atoms with Gasteiger partial charge >= 0.3 is 0 Å². The third kappa shape index (κ3) is 4.64. The zero-order valence-corrected chi connectivity index (χ0v) is 13.7. The fourth-order valence-corrected chi connectivity index (χ4v) is 2.20. The minimum Gasteiger partial charge on any atom is -0.482 e. The summed E-state index contributed by atoms with van der Waals surface area (Å²) in [6.07, 6.45) is 0. The number of non-ortho nitro benzene ring substituents is 1. The lowest BCUT2D eigenvalue weighted by atomic mass is 10.3. The molecule has 0 fully saturated rings. The number of hydrogen-bond acceptors (Lipinski definition) is 4. The van der Waals surface area contributed by atoms with Gasteiger partial charge in [0.15, 0.2) is 6.61 Å². The van der Waals surface area contributed by atoms with Gasteiger partial charge in [0.05, 0.1) is 15.6 Å². The average Bonchev–Trinajstić information content (AvgIpc) is 2.48. The van der Waals surface area contributed by atoms with Gasteiger partial charge < -0.3 is 10.1 Å². The van der Waals surface area contributed by atoms with Crippen molar-refractivity contribution in [1.82, 2.24) is 0 Å². The molecule has 0 atom stereocenters. The summed E-state index contributed by atoms with van der Waals surface area (Å²) in [5.74, 6) is -1.08. The molecule has 0 saturated heterocycles. The minimum atomic E-state index is -0.599. The predicted molar refractivity (Wildman–Crippen MR) is 86.3 cm³/mol. The van der Waals surface area contributed by atoms with Crippen LogP contribution in [0.2, 0.25) is 5.02 Å². The number of carbonyl (C=O) groups excluding carboxylic acids is 1. The van der Waals surface area contributed by atoms with E-state index in [1.165, 1.54) is 24.3 Å². The van der Waals surface area contributed by atoms with E-state index in [9.17, 15) is 19.3 Å². The molecule has 1 amide bonds. The van der Waals surface area contributed by atoms with Crippen molar-refractivity contribution in [3.05, 3.63) is 61.8 Å². The minimum absolute atomic E-state index is 0.00169. The highest BCUT2D eigenvalue weighted by Gasteiger charge is 2.12. The lowest BCUT2D eigenvalue weighted by molar-refractivity contribution is -0.384.